The van der Waals surface area contributed by atoms with Gasteiger partial charge in [0.05, 0.1) is 0 Å². The fraction of sp³-hybridized carbons (Fsp3) is 0.778. The Morgan fingerprint density at radius 1 is 1.14 bits per heavy atom. The van der Waals surface area contributed by atoms with Crippen LogP contribution < -0.4 is 10.6 Å². The van der Waals surface area contributed by atoms with Crippen molar-refractivity contribution >= 4 is 11.8 Å². The largest absolute Gasteiger partial charge is 0.355 e. The lowest BCUT2D eigenvalue weighted by Crippen LogP contribution is -2.48. The molecule has 22 heavy (non-hydrogen) atoms. The number of rotatable bonds is 8. The SMILES string of the molecule is CC(C)CCNC(=O)C(C)(C)C(=O)NCCC1=CCCCC1. The van der Waals surface area contributed by atoms with Crippen LogP contribution >= 0.6 is 0 Å². The number of hydrogen-bond donors (Lipinski definition) is 2. The molecule has 0 heterocycles. The number of allylic oxidation sites excluding steroid dienone is 1. The third kappa shape index (κ3) is 6.20. The summed E-state index contributed by atoms with van der Waals surface area (Å²) in [5, 5.41) is 5.77. The molecular formula is C18H32N2O2. The van der Waals surface area contributed by atoms with E-state index in [1.165, 1.54) is 18.4 Å². The minimum atomic E-state index is -1.02. The molecule has 0 aromatic rings. The summed E-state index contributed by atoms with van der Waals surface area (Å²) in [5.41, 5.74) is 0.420. The number of hydrogen-bond acceptors (Lipinski definition) is 2. The minimum absolute atomic E-state index is 0.189. The smallest absolute Gasteiger partial charge is 0.235 e. The van der Waals surface area contributed by atoms with Gasteiger partial charge in [-0.1, -0.05) is 25.5 Å². The normalized spacial score (nSPS) is 15.4. The van der Waals surface area contributed by atoms with E-state index in [2.05, 4.69) is 30.6 Å². The van der Waals surface area contributed by atoms with E-state index in [-0.39, 0.29) is 11.8 Å². The van der Waals surface area contributed by atoms with Crippen LogP contribution in [0.3, 0.4) is 0 Å². The first kappa shape index (κ1) is 18.7. The van der Waals surface area contributed by atoms with Crippen molar-refractivity contribution in [3.63, 3.8) is 0 Å². The quantitative estimate of drug-likeness (QED) is 0.534. The van der Waals surface area contributed by atoms with Gasteiger partial charge in [0.15, 0.2) is 0 Å². The zero-order chi connectivity index (χ0) is 16.6. The molecule has 4 heteroatoms. The van der Waals surface area contributed by atoms with Crippen molar-refractivity contribution in [1.29, 1.82) is 0 Å². The zero-order valence-corrected chi connectivity index (χ0v) is 14.6. The van der Waals surface area contributed by atoms with E-state index < -0.39 is 5.41 Å². The lowest BCUT2D eigenvalue weighted by atomic mass is 9.90. The average Bonchev–Trinajstić information content (AvgIpc) is 2.47. The number of carbonyl (C=O) groups excluding carboxylic acids is 2. The number of amides is 2. The van der Waals surface area contributed by atoms with Crippen molar-refractivity contribution < 1.29 is 9.59 Å². The van der Waals surface area contributed by atoms with Crippen molar-refractivity contribution in [1.82, 2.24) is 10.6 Å². The molecule has 0 aromatic carbocycles. The molecule has 0 aromatic heterocycles. The summed E-state index contributed by atoms with van der Waals surface area (Å²) in [6.45, 7) is 8.85. The zero-order valence-electron chi connectivity index (χ0n) is 14.6. The third-order valence-electron chi connectivity index (χ3n) is 4.26. The minimum Gasteiger partial charge on any atom is -0.355 e. The first-order chi connectivity index (χ1) is 10.3. The van der Waals surface area contributed by atoms with Crippen molar-refractivity contribution in [3.05, 3.63) is 11.6 Å². The van der Waals surface area contributed by atoms with Gasteiger partial charge in [0.2, 0.25) is 11.8 Å². The summed E-state index contributed by atoms with van der Waals surface area (Å²) >= 11 is 0. The molecule has 0 saturated carbocycles. The fourth-order valence-corrected chi connectivity index (χ4v) is 2.49. The molecule has 2 amide bonds. The Kier molecular flexibility index (Phi) is 7.63. The van der Waals surface area contributed by atoms with Gasteiger partial charge in [-0.25, -0.2) is 0 Å². The summed E-state index contributed by atoms with van der Waals surface area (Å²) in [5.74, 6) is 0.162. The average molecular weight is 308 g/mol. The number of carbonyl (C=O) groups is 2. The third-order valence-corrected chi connectivity index (χ3v) is 4.26. The molecule has 0 spiro atoms. The Morgan fingerprint density at radius 3 is 2.32 bits per heavy atom. The van der Waals surface area contributed by atoms with E-state index in [4.69, 9.17) is 0 Å². The maximum atomic E-state index is 12.3. The molecule has 0 radical (unpaired) electrons. The highest BCUT2D eigenvalue weighted by atomic mass is 16.2. The van der Waals surface area contributed by atoms with E-state index in [0.717, 1.165) is 25.7 Å². The summed E-state index contributed by atoms with van der Waals surface area (Å²) < 4.78 is 0. The first-order valence-corrected chi connectivity index (χ1v) is 8.58. The first-order valence-electron chi connectivity index (χ1n) is 8.58. The molecule has 1 aliphatic carbocycles. The standard InChI is InChI=1S/C18H32N2O2/c1-14(2)10-12-19-16(21)18(3,4)17(22)20-13-11-15-8-6-5-7-9-15/h8,14H,5-7,9-13H2,1-4H3,(H,19,21)(H,20,22). The van der Waals surface area contributed by atoms with Crippen molar-refractivity contribution in [2.45, 2.75) is 66.2 Å². The fourth-order valence-electron chi connectivity index (χ4n) is 2.49. The molecule has 1 aliphatic rings. The molecule has 1 rings (SSSR count). The van der Waals surface area contributed by atoms with Crippen molar-refractivity contribution in [2.24, 2.45) is 11.3 Å². The molecule has 0 fully saturated rings. The Morgan fingerprint density at radius 2 is 1.77 bits per heavy atom. The van der Waals surface area contributed by atoms with Gasteiger partial charge in [-0.05, 0) is 58.3 Å². The highest BCUT2D eigenvalue weighted by molar-refractivity contribution is 6.04. The van der Waals surface area contributed by atoms with Gasteiger partial charge < -0.3 is 10.6 Å². The second kappa shape index (κ2) is 8.96. The van der Waals surface area contributed by atoms with E-state index in [0.29, 0.717) is 19.0 Å². The van der Waals surface area contributed by atoms with Crippen LogP contribution in [0, 0.1) is 11.3 Å². The maximum absolute atomic E-state index is 12.3. The monoisotopic (exact) mass is 308 g/mol. The van der Waals surface area contributed by atoms with E-state index in [9.17, 15) is 9.59 Å². The van der Waals surface area contributed by atoms with Gasteiger partial charge >= 0.3 is 0 Å². The van der Waals surface area contributed by atoms with Crippen LogP contribution in [0.2, 0.25) is 0 Å². The molecule has 0 saturated heterocycles. The van der Waals surface area contributed by atoms with Gasteiger partial charge in [-0.2, -0.15) is 0 Å². The molecule has 0 unspecified atom stereocenters. The van der Waals surface area contributed by atoms with Crippen LogP contribution in [0.15, 0.2) is 11.6 Å². The van der Waals surface area contributed by atoms with Gasteiger partial charge in [0.25, 0.3) is 0 Å². The van der Waals surface area contributed by atoms with E-state index >= 15 is 0 Å². The van der Waals surface area contributed by atoms with Crippen LogP contribution in [0.25, 0.3) is 0 Å². The van der Waals surface area contributed by atoms with Crippen LogP contribution in [-0.2, 0) is 9.59 Å². The second-order valence-electron chi connectivity index (χ2n) is 7.18. The van der Waals surface area contributed by atoms with Gasteiger partial charge in [0, 0.05) is 13.1 Å². The predicted octanol–water partition coefficient (Wildman–Crippen LogP) is 3.18. The van der Waals surface area contributed by atoms with E-state index in [1.54, 1.807) is 13.8 Å². The lowest BCUT2D eigenvalue weighted by molar-refractivity contribution is -0.141. The maximum Gasteiger partial charge on any atom is 0.235 e. The highest BCUT2D eigenvalue weighted by Crippen LogP contribution is 2.20. The number of nitrogens with one attached hydrogen (secondary N) is 2. The van der Waals surface area contributed by atoms with Gasteiger partial charge in [0.1, 0.15) is 5.41 Å². The van der Waals surface area contributed by atoms with Gasteiger partial charge in [-0.15, -0.1) is 0 Å². The molecular weight excluding hydrogens is 276 g/mol. The molecule has 0 atom stereocenters. The summed E-state index contributed by atoms with van der Waals surface area (Å²) in [4.78, 5) is 24.4. The molecule has 2 N–H and O–H groups in total. The Labute approximate surface area is 135 Å². The summed E-state index contributed by atoms with van der Waals surface area (Å²) in [6.07, 6.45) is 8.96. The van der Waals surface area contributed by atoms with Crippen LogP contribution in [0.1, 0.15) is 66.2 Å². The molecule has 126 valence electrons. The van der Waals surface area contributed by atoms with Crippen molar-refractivity contribution in [3.8, 4) is 0 Å². The molecule has 4 nitrogen and oxygen atoms in total. The second-order valence-corrected chi connectivity index (χ2v) is 7.18. The summed E-state index contributed by atoms with van der Waals surface area (Å²) in [6, 6.07) is 0. The van der Waals surface area contributed by atoms with Crippen LogP contribution in [-0.4, -0.2) is 24.9 Å². The Bertz CT molecular complexity index is 411. The topological polar surface area (TPSA) is 58.2 Å². The predicted molar refractivity (Wildman–Crippen MR) is 90.4 cm³/mol. The Balaban J connectivity index is 2.34. The summed E-state index contributed by atoms with van der Waals surface area (Å²) in [7, 11) is 0. The Hall–Kier alpha value is -1.32. The molecule has 0 aliphatic heterocycles. The molecule has 0 bridgehead atoms. The van der Waals surface area contributed by atoms with Crippen molar-refractivity contribution in [2.75, 3.05) is 13.1 Å². The van der Waals surface area contributed by atoms with Crippen LogP contribution in [0.4, 0.5) is 0 Å². The van der Waals surface area contributed by atoms with E-state index in [1.807, 2.05) is 0 Å². The van der Waals surface area contributed by atoms with Gasteiger partial charge in [-0.3, -0.25) is 9.59 Å². The van der Waals surface area contributed by atoms with Crippen LogP contribution in [0.5, 0.6) is 0 Å². The highest BCUT2D eigenvalue weighted by Gasteiger charge is 2.35. The lowest BCUT2D eigenvalue weighted by Gasteiger charge is -2.23.